The van der Waals surface area contributed by atoms with E-state index in [0.29, 0.717) is 19.4 Å². The SMILES string of the molecule is COC(=O)[C@@H](Cc1ccc(I)cc1)NC(=O)[C@@H]1CCCO1. The van der Waals surface area contributed by atoms with Crippen LogP contribution in [0.25, 0.3) is 0 Å². The van der Waals surface area contributed by atoms with Crippen molar-refractivity contribution in [2.75, 3.05) is 13.7 Å². The highest BCUT2D eigenvalue weighted by atomic mass is 127. The quantitative estimate of drug-likeness (QED) is 0.600. The second-order valence-electron chi connectivity index (χ2n) is 4.92. The number of carbonyl (C=O) groups excluding carboxylic acids is 2. The van der Waals surface area contributed by atoms with Crippen LogP contribution in [0.5, 0.6) is 0 Å². The molecule has 114 valence electrons. The largest absolute Gasteiger partial charge is 0.467 e. The van der Waals surface area contributed by atoms with Gasteiger partial charge < -0.3 is 14.8 Å². The van der Waals surface area contributed by atoms with E-state index < -0.39 is 18.1 Å². The van der Waals surface area contributed by atoms with Gasteiger partial charge in [-0.2, -0.15) is 0 Å². The van der Waals surface area contributed by atoms with Gasteiger partial charge in [-0.3, -0.25) is 4.79 Å². The fourth-order valence-corrected chi connectivity index (χ4v) is 2.60. The zero-order valence-electron chi connectivity index (χ0n) is 11.8. The van der Waals surface area contributed by atoms with Crippen molar-refractivity contribution in [2.45, 2.75) is 31.4 Å². The van der Waals surface area contributed by atoms with Crippen molar-refractivity contribution < 1.29 is 19.1 Å². The lowest BCUT2D eigenvalue weighted by Gasteiger charge is -2.18. The third-order valence-electron chi connectivity index (χ3n) is 3.38. The van der Waals surface area contributed by atoms with Gasteiger partial charge in [-0.15, -0.1) is 0 Å². The molecule has 1 saturated heterocycles. The Morgan fingerprint density at radius 3 is 2.71 bits per heavy atom. The Morgan fingerprint density at radius 1 is 1.43 bits per heavy atom. The second kappa shape index (κ2) is 7.74. The zero-order chi connectivity index (χ0) is 15.2. The molecule has 0 saturated carbocycles. The lowest BCUT2D eigenvalue weighted by atomic mass is 10.1. The van der Waals surface area contributed by atoms with Crippen molar-refractivity contribution in [1.82, 2.24) is 5.32 Å². The van der Waals surface area contributed by atoms with Crippen LogP contribution in [0.1, 0.15) is 18.4 Å². The smallest absolute Gasteiger partial charge is 0.328 e. The summed E-state index contributed by atoms with van der Waals surface area (Å²) in [5.74, 6) is -0.687. The Balaban J connectivity index is 2.01. The molecule has 1 fully saturated rings. The number of halogens is 1. The molecule has 2 atom stereocenters. The van der Waals surface area contributed by atoms with Crippen molar-refractivity contribution in [1.29, 1.82) is 0 Å². The topological polar surface area (TPSA) is 64.6 Å². The molecule has 21 heavy (non-hydrogen) atoms. The molecule has 0 spiro atoms. The highest BCUT2D eigenvalue weighted by Crippen LogP contribution is 2.13. The average Bonchev–Trinajstić information content (AvgIpc) is 3.02. The zero-order valence-corrected chi connectivity index (χ0v) is 14.0. The first kappa shape index (κ1) is 16.2. The van der Waals surface area contributed by atoms with Crippen LogP contribution in [0.4, 0.5) is 0 Å². The molecule has 0 radical (unpaired) electrons. The molecule has 1 amide bonds. The molecule has 1 aliphatic heterocycles. The van der Waals surface area contributed by atoms with Crippen LogP contribution in [0.3, 0.4) is 0 Å². The van der Waals surface area contributed by atoms with Gasteiger partial charge in [-0.05, 0) is 53.1 Å². The van der Waals surface area contributed by atoms with E-state index in [0.717, 1.165) is 15.6 Å². The molecule has 0 unspecified atom stereocenters. The fraction of sp³-hybridized carbons (Fsp3) is 0.467. The van der Waals surface area contributed by atoms with E-state index in [4.69, 9.17) is 9.47 Å². The summed E-state index contributed by atoms with van der Waals surface area (Å²) in [7, 11) is 1.32. The normalized spacial score (nSPS) is 19.0. The second-order valence-corrected chi connectivity index (χ2v) is 6.16. The highest BCUT2D eigenvalue weighted by Gasteiger charge is 2.28. The highest BCUT2D eigenvalue weighted by molar-refractivity contribution is 14.1. The van der Waals surface area contributed by atoms with Crippen LogP contribution in [0.2, 0.25) is 0 Å². The van der Waals surface area contributed by atoms with Crippen LogP contribution < -0.4 is 5.32 Å². The van der Waals surface area contributed by atoms with Gasteiger partial charge in [0.1, 0.15) is 12.1 Å². The summed E-state index contributed by atoms with van der Waals surface area (Å²) in [5, 5.41) is 2.73. The standard InChI is InChI=1S/C15H18INO4/c1-20-15(19)12(9-10-4-6-11(16)7-5-10)17-14(18)13-3-2-8-21-13/h4-7,12-13H,2-3,8-9H2,1H3,(H,17,18)/t12-,13+/m1/s1. The monoisotopic (exact) mass is 403 g/mol. The lowest BCUT2D eigenvalue weighted by Crippen LogP contribution is -2.47. The van der Waals surface area contributed by atoms with Gasteiger partial charge in [0.2, 0.25) is 5.91 Å². The number of hydrogen-bond acceptors (Lipinski definition) is 4. The maximum atomic E-state index is 12.1. The van der Waals surface area contributed by atoms with Gasteiger partial charge >= 0.3 is 5.97 Å². The van der Waals surface area contributed by atoms with Crippen molar-refractivity contribution in [3.63, 3.8) is 0 Å². The summed E-state index contributed by atoms with van der Waals surface area (Å²) >= 11 is 2.22. The van der Waals surface area contributed by atoms with E-state index >= 15 is 0 Å². The summed E-state index contributed by atoms with van der Waals surface area (Å²) in [6, 6.07) is 7.12. The van der Waals surface area contributed by atoms with Crippen molar-refractivity contribution in [2.24, 2.45) is 0 Å². The molecule has 0 aromatic heterocycles. The molecular formula is C15H18INO4. The van der Waals surface area contributed by atoms with Crippen molar-refractivity contribution in [3.05, 3.63) is 33.4 Å². The number of rotatable bonds is 5. The van der Waals surface area contributed by atoms with Crippen LogP contribution >= 0.6 is 22.6 Å². The maximum absolute atomic E-state index is 12.1. The summed E-state index contributed by atoms with van der Waals surface area (Å²) < 4.78 is 11.2. The van der Waals surface area contributed by atoms with Gasteiger partial charge in [0.25, 0.3) is 0 Å². The Hall–Kier alpha value is -1.15. The summed E-state index contributed by atoms with van der Waals surface area (Å²) in [6.45, 7) is 0.595. The number of amides is 1. The van der Waals surface area contributed by atoms with Crippen LogP contribution in [0.15, 0.2) is 24.3 Å². The summed E-state index contributed by atoms with van der Waals surface area (Å²) in [5.41, 5.74) is 0.971. The first-order valence-corrected chi connectivity index (χ1v) is 7.92. The Kier molecular flexibility index (Phi) is 5.98. The van der Waals surface area contributed by atoms with Gasteiger partial charge in [0.05, 0.1) is 7.11 Å². The van der Waals surface area contributed by atoms with Gasteiger partial charge in [-0.1, -0.05) is 12.1 Å². The minimum atomic E-state index is -0.688. The van der Waals surface area contributed by atoms with Crippen LogP contribution in [0, 0.1) is 3.57 Å². The molecule has 1 aromatic rings. The number of benzene rings is 1. The van der Waals surface area contributed by atoms with E-state index in [2.05, 4.69) is 27.9 Å². The number of nitrogens with one attached hydrogen (secondary N) is 1. The first-order chi connectivity index (χ1) is 10.1. The molecule has 5 nitrogen and oxygen atoms in total. The third-order valence-corrected chi connectivity index (χ3v) is 4.10. The van der Waals surface area contributed by atoms with E-state index in [1.165, 1.54) is 7.11 Å². The van der Waals surface area contributed by atoms with Gasteiger partial charge in [0.15, 0.2) is 0 Å². The molecule has 2 rings (SSSR count). The number of carbonyl (C=O) groups is 2. The predicted molar refractivity (Wildman–Crippen MR) is 85.8 cm³/mol. The molecule has 1 heterocycles. The van der Waals surface area contributed by atoms with Gasteiger partial charge in [0, 0.05) is 16.6 Å². The molecule has 0 aliphatic carbocycles. The number of methoxy groups -OCH3 is 1. The van der Waals surface area contributed by atoms with Crippen molar-refractivity contribution in [3.8, 4) is 0 Å². The number of esters is 1. The minimum absolute atomic E-state index is 0.242. The number of hydrogen-bond donors (Lipinski definition) is 1. The molecular weight excluding hydrogens is 385 g/mol. The number of ether oxygens (including phenoxy) is 2. The minimum Gasteiger partial charge on any atom is -0.467 e. The van der Waals surface area contributed by atoms with Crippen LogP contribution in [-0.2, 0) is 25.5 Å². The van der Waals surface area contributed by atoms with E-state index in [9.17, 15) is 9.59 Å². The Bertz CT molecular complexity index is 497. The first-order valence-electron chi connectivity index (χ1n) is 6.84. The average molecular weight is 403 g/mol. The lowest BCUT2D eigenvalue weighted by molar-refractivity contribution is -0.146. The van der Waals surface area contributed by atoms with E-state index in [-0.39, 0.29) is 5.91 Å². The van der Waals surface area contributed by atoms with E-state index in [1.807, 2.05) is 24.3 Å². The molecule has 1 aromatic carbocycles. The Morgan fingerprint density at radius 2 is 2.14 bits per heavy atom. The predicted octanol–water partition coefficient (Wildman–Crippen LogP) is 1.67. The van der Waals surface area contributed by atoms with E-state index in [1.54, 1.807) is 0 Å². The molecule has 1 aliphatic rings. The van der Waals surface area contributed by atoms with Crippen LogP contribution in [-0.4, -0.2) is 37.7 Å². The summed E-state index contributed by atoms with van der Waals surface area (Å²) in [4.78, 5) is 23.9. The van der Waals surface area contributed by atoms with Gasteiger partial charge in [-0.25, -0.2) is 4.79 Å². The molecule has 6 heteroatoms. The molecule has 0 bridgehead atoms. The third kappa shape index (κ3) is 4.67. The fourth-order valence-electron chi connectivity index (χ4n) is 2.24. The maximum Gasteiger partial charge on any atom is 0.328 e. The summed E-state index contributed by atoms with van der Waals surface area (Å²) in [6.07, 6.45) is 1.53. The van der Waals surface area contributed by atoms with Crippen molar-refractivity contribution >= 4 is 34.5 Å². The Labute approximate surface area is 137 Å². The molecule has 1 N–H and O–H groups in total.